The highest BCUT2D eigenvalue weighted by molar-refractivity contribution is 5.79. The van der Waals surface area contributed by atoms with Crippen LogP contribution >= 0.6 is 0 Å². The monoisotopic (exact) mass is 275 g/mol. The molecule has 104 valence electrons. The van der Waals surface area contributed by atoms with E-state index < -0.39 is 0 Å². The van der Waals surface area contributed by atoms with Crippen LogP contribution in [0.1, 0.15) is 16.8 Å². The smallest absolute Gasteiger partial charge is 0.269 e. The molecule has 0 unspecified atom stereocenters. The number of aromatic amines is 2. The van der Waals surface area contributed by atoms with Crippen LogP contribution in [0.15, 0.2) is 29.1 Å². The Morgan fingerprint density at radius 3 is 2.75 bits per heavy atom. The van der Waals surface area contributed by atoms with E-state index in [4.69, 9.17) is 0 Å². The number of rotatable bonds is 2. The van der Waals surface area contributed by atoms with Gasteiger partial charge in [-0.1, -0.05) is 12.1 Å². The van der Waals surface area contributed by atoms with Crippen molar-refractivity contribution in [1.29, 1.82) is 0 Å². The number of carbonyl (C=O) groups excluding carboxylic acids is 1. The Bertz CT molecular complexity index is 687. The van der Waals surface area contributed by atoms with Gasteiger partial charge in [0, 0.05) is 18.7 Å². The van der Waals surface area contributed by atoms with Crippen LogP contribution < -0.4 is 5.56 Å². The van der Waals surface area contributed by atoms with Crippen molar-refractivity contribution in [2.24, 2.45) is 0 Å². The first-order valence-electron chi connectivity index (χ1n) is 6.44. The average Bonchev–Trinajstić information content (AvgIpc) is 2.82. The lowest BCUT2D eigenvalue weighted by Gasteiger charge is -2.26. The lowest BCUT2D eigenvalue weighted by atomic mass is 10.1. The third-order valence-corrected chi connectivity index (χ3v) is 3.57. The molecule has 0 aliphatic carbocycles. The van der Waals surface area contributed by atoms with Crippen LogP contribution in [0.5, 0.6) is 0 Å². The number of H-pyrrole nitrogens is 2. The second-order valence-corrected chi connectivity index (χ2v) is 4.90. The second kappa shape index (κ2) is 4.96. The lowest BCUT2D eigenvalue weighted by molar-refractivity contribution is -0.131. The molecule has 5 nitrogen and oxygen atoms in total. The number of aromatic nitrogens is 2. The first-order chi connectivity index (χ1) is 9.63. The summed E-state index contributed by atoms with van der Waals surface area (Å²) in [6.07, 6.45) is 0.862. The summed E-state index contributed by atoms with van der Waals surface area (Å²) < 4.78 is 12.8. The number of nitrogens with zero attached hydrogens (tertiary/aromatic N) is 1. The lowest BCUT2D eigenvalue weighted by Crippen LogP contribution is -2.38. The summed E-state index contributed by atoms with van der Waals surface area (Å²) in [5, 5.41) is 5.36. The minimum Gasteiger partial charge on any atom is -0.337 e. The zero-order chi connectivity index (χ0) is 14.1. The quantitative estimate of drug-likeness (QED) is 0.857. The highest BCUT2D eigenvalue weighted by Gasteiger charge is 2.23. The van der Waals surface area contributed by atoms with Gasteiger partial charge in [-0.15, -0.1) is 0 Å². The van der Waals surface area contributed by atoms with Crippen LogP contribution in [-0.4, -0.2) is 27.5 Å². The van der Waals surface area contributed by atoms with E-state index in [0.29, 0.717) is 25.1 Å². The van der Waals surface area contributed by atoms with Crippen molar-refractivity contribution in [3.8, 4) is 0 Å². The maximum absolute atomic E-state index is 12.8. The van der Waals surface area contributed by atoms with Crippen molar-refractivity contribution in [3.05, 3.63) is 57.3 Å². The van der Waals surface area contributed by atoms with Gasteiger partial charge in [0.2, 0.25) is 5.91 Å². The van der Waals surface area contributed by atoms with Gasteiger partial charge in [0.15, 0.2) is 0 Å². The molecule has 0 atom stereocenters. The van der Waals surface area contributed by atoms with Gasteiger partial charge in [-0.3, -0.25) is 14.7 Å². The molecule has 0 fully saturated rings. The first kappa shape index (κ1) is 12.7. The number of halogens is 1. The van der Waals surface area contributed by atoms with E-state index in [9.17, 15) is 14.0 Å². The molecule has 1 aromatic heterocycles. The molecule has 0 radical (unpaired) electrons. The van der Waals surface area contributed by atoms with Crippen molar-refractivity contribution in [3.63, 3.8) is 0 Å². The maximum Gasteiger partial charge on any atom is 0.269 e. The fraction of sp³-hybridized carbons (Fsp3) is 0.286. The van der Waals surface area contributed by atoms with Crippen LogP contribution in [0.3, 0.4) is 0 Å². The third kappa shape index (κ3) is 2.36. The summed E-state index contributed by atoms with van der Waals surface area (Å²) in [6.45, 7) is 0.912. The van der Waals surface area contributed by atoms with E-state index in [1.54, 1.807) is 17.0 Å². The zero-order valence-electron chi connectivity index (χ0n) is 10.8. The van der Waals surface area contributed by atoms with Crippen molar-refractivity contribution in [2.45, 2.75) is 19.4 Å². The molecule has 0 saturated heterocycles. The summed E-state index contributed by atoms with van der Waals surface area (Å²) in [6, 6.07) is 5.89. The minimum atomic E-state index is -0.317. The molecule has 1 aliphatic heterocycles. The number of hydrogen-bond donors (Lipinski definition) is 2. The molecule has 2 aromatic rings. The Morgan fingerprint density at radius 2 is 2.00 bits per heavy atom. The molecule has 2 heterocycles. The molecule has 0 spiro atoms. The average molecular weight is 275 g/mol. The highest BCUT2D eigenvalue weighted by atomic mass is 19.1. The minimum absolute atomic E-state index is 0.0529. The standard InChI is InChI=1S/C14H14FN3O2/c15-10-3-1-9(2-4-10)7-13(19)18-6-5-12-11(8-18)14(20)17-16-12/h1-4H,5-8H2,(H2,16,17,20). The Balaban J connectivity index is 1.71. The van der Waals surface area contributed by atoms with E-state index in [1.165, 1.54) is 12.1 Å². The van der Waals surface area contributed by atoms with Gasteiger partial charge in [-0.25, -0.2) is 4.39 Å². The van der Waals surface area contributed by atoms with Crippen LogP contribution in [0.4, 0.5) is 4.39 Å². The second-order valence-electron chi connectivity index (χ2n) is 4.90. The third-order valence-electron chi connectivity index (χ3n) is 3.57. The van der Waals surface area contributed by atoms with Gasteiger partial charge in [0.1, 0.15) is 5.82 Å². The summed E-state index contributed by atoms with van der Waals surface area (Å²) >= 11 is 0. The number of fused-ring (bicyclic) bond motifs is 1. The number of nitrogens with one attached hydrogen (secondary N) is 2. The molecular formula is C14H14FN3O2. The molecule has 0 bridgehead atoms. The first-order valence-corrected chi connectivity index (χ1v) is 6.44. The van der Waals surface area contributed by atoms with Gasteiger partial charge in [0.05, 0.1) is 18.5 Å². The van der Waals surface area contributed by atoms with E-state index in [-0.39, 0.29) is 23.7 Å². The van der Waals surface area contributed by atoms with Gasteiger partial charge in [-0.2, -0.15) is 0 Å². The summed E-state index contributed by atoms with van der Waals surface area (Å²) in [4.78, 5) is 25.4. The zero-order valence-corrected chi connectivity index (χ0v) is 10.8. The van der Waals surface area contributed by atoms with Crippen LogP contribution in [0, 0.1) is 5.82 Å². The van der Waals surface area contributed by atoms with Crippen LogP contribution in [0.2, 0.25) is 0 Å². The van der Waals surface area contributed by atoms with E-state index in [1.807, 2.05) is 0 Å². The molecule has 1 amide bonds. The number of amides is 1. The fourth-order valence-electron chi connectivity index (χ4n) is 2.42. The molecule has 6 heteroatoms. The molecule has 1 aliphatic rings. The van der Waals surface area contributed by atoms with Gasteiger partial charge >= 0.3 is 0 Å². The summed E-state index contributed by atoms with van der Waals surface area (Å²) in [5.74, 6) is -0.370. The van der Waals surface area contributed by atoms with Crippen molar-refractivity contribution in [1.82, 2.24) is 15.1 Å². The Labute approximate surface area is 114 Å². The van der Waals surface area contributed by atoms with Crippen molar-refractivity contribution < 1.29 is 9.18 Å². The van der Waals surface area contributed by atoms with Gasteiger partial charge in [-0.05, 0) is 17.7 Å². The largest absolute Gasteiger partial charge is 0.337 e. The van der Waals surface area contributed by atoms with E-state index in [0.717, 1.165) is 11.3 Å². The summed E-state index contributed by atoms with van der Waals surface area (Å²) in [7, 11) is 0. The Kier molecular flexibility index (Phi) is 3.14. The normalized spacial score (nSPS) is 14.2. The van der Waals surface area contributed by atoms with E-state index in [2.05, 4.69) is 10.2 Å². The van der Waals surface area contributed by atoms with E-state index >= 15 is 0 Å². The van der Waals surface area contributed by atoms with Crippen molar-refractivity contribution >= 4 is 5.91 Å². The molecule has 1 aromatic carbocycles. The van der Waals surface area contributed by atoms with Crippen molar-refractivity contribution in [2.75, 3.05) is 6.54 Å². The molecule has 3 rings (SSSR count). The summed E-state index contributed by atoms with van der Waals surface area (Å²) in [5.41, 5.74) is 2.11. The topological polar surface area (TPSA) is 69.0 Å². The molecular weight excluding hydrogens is 261 g/mol. The number of carbonyl (C=O) groups is 1. The molecule has 20 heavy (non-hydrogen) atoms. The van der Waals surface area contributed by atoms with Crippen LogP contribution in [-0.2, 0) is 24.2 Å². The highest BCUT2D eigenvalue weighted by Crippen LogP contribution is 2.14. The van der Waals surface area contributed by atoms with Crippen LogP contribution in [0.25, 0.3) is 0 Å². The molecule has 2 N–H and O–H groups in total. The Hall–Kier alpha value is -2.37. The predicted molar refractivity (Wildman–Crippen MR) is 70.6 cm³/mol. The Morgan fingerprint density at radius 1 is 1.25 bits per heavy atom. The van der Waals surface area contributed by atoms with Gasteiger partial charge < -0.3 is 10.00 Å². The fourth-order valence-corrected chi connectivity index (χ4v) is 2.42. The number of hydrogen-bond acceptors (Lipinski definition) is 2. The predicted octanol–water partition coefficient (Wildman–Crippen LogP) is 0.970. The van der Waals surface area contributed by atoms with Gasteiger partial charge in [0.25, 0.3) is 5.56 Å². The number of benzene rings is 1. The SMILES string of the molecule is O=C(Cc1ccc(F)cc1)N1CCc2[nH][nH]c(=O)c2C1. The maximum atomic E-state index is 12.8. The molecule has 0 saturated carbocycles.